The lowest BCUT2D eigenvalue weighted by Crippen LogP contribution is -2.53. The maximum absolute atomic E-state index is 13.2. The fourth-order valence-corrected chi connectivity index (χ4v) is 3.46. The Morgan fingerprint density at radius 3 is 2.60 bits per heavy atom. The quantitative estimate of drug-likeness (QED) is 0.817. The highest BCUT2D eigenvalue weighted by Gasteiger charge is 2.38. The Morgan fingerprint density at radius 2 is 1.88 bits per heavy atom. The highest BCUT2D eigenvalue weighted by Crippen LogP contribution is 2.28. The summed E-state index contributed by atoms with van der Waals surface area (Å²) in [5.41, 5.74) is 1.32. The topological polar surface area (TPSA) is 32.8 Å². The van der Waals surface area contributed by atoms with E-state index in [0.29, 0.717) is 13.2 Å². The van der Waals surface area contributed by atoms with Gasteiger partial charge in [-0.1, -0.05) is 30.3 Å². The molecule has 138 valence electrons. The van der Waals surface area contributed by atoms with Crippen LogP contribution in [-0.4, -0.2) is 67.1 Å². The van der Waals surface area contributed by atoms with Crippen LogP contribution < -0.4 is 0 Å². The molecule has 1 aromatic rings. The Hall–Kier alpha value is -1.53. The third-order valence-electron chi connectivity index (χ3n) is 5.02. The molecule has 2 fully saturated rings. The molecule has 1 atom stereocenters. The summed E-state index contributed by atoms with van der Waals surface area (Å²) in [4.78, 5) is 16.3. The number of halogens is 2. The smallest absolute Gasteiger partial charge is 0.253 e. The number of amides is 1. The van der Waals surface area contributed by atoms with E-state index in [1.165, 1.54) is 10.5 Å². The van der Waals surface area contributed by atoms with Crippen LogP contribution in [0.2, 0.25) is 0 Å². The van der Waals surface area contributed by atoms with Gasteiger partial charge in [-0.25, -0.2) is 8.78 Å². The number of morpholine rings is 1. The van der Waals surface area contributed by atoms with Crippen LogP contribution in [0, 0.1) is 0 Å². The van der Waals surface area contributed by atoms with Gasteiger partial charge in [0.25, 0.3) is 11.8 Å². The van der Waals surface area contributed by atoms with Crippen LogP contribution in [0.1, 0.15) is 24.8 Å². The minimum Gasteiger partial charge on any atom is -0.366 e. The molecule has 1 amide bonds. The van der Waals surface area contributed by atoms with Crippen molar-refractivity contribution < 1.29 is 18.3 Å². The maximum atomic E-state index is 13.2. The molecule has 25 heavy (non-hydrogen) atoms. The van der Waals surface area contributed by atoms with Gasteiger partial charge in [0.15, 0.2) is 0 Å². The number of ether oxygens (including phenoxy) is 1. The number of carbonyl (C=O) groups excluding carboxylic acids is 1. The van der Waals surface area contributed by atoms with Crippen molar-refractivity contribution in [1.82, 2.24) is 9.80 Å². The number of benzene rings is 1. The predicted octanol–water partition coefficient (Wildman–Crippen LogP) is 2.58. The van der Waals surface area contributed by atoms with E-state index in [4.69, 9.17) is 4.74 Å². The normalized spacial score (nSPS) is 24.2. The van der Waals surface area contributed by atoms with Crippen molar-refractivity contribution in [2.45, 2.75) is 37.7 Å². The molecule has 6 heteroatoms. The highest BCUT2D eigenvalue weighted by atomic mass is 19.3. The molecule has 2 aliphatic heterocycles. The zero-order valence-electron chi connectivity index (χ0n) is 14.5. The van der Waals surface area contributed by atoms with Gasteiger partial charge in [-0.05, 0) is 24.9 Å². The van der Waals surface area contributed by atoms with E-state index in [1.807, 2.05) is 18.2 Å². The van der Waals surface area contributed by atoms with Crippen molar-refractivity contribution in [1.29, 1.82) is 0 Å². The second-order valence-corrected chi connectivity index (χ2v) is 6.93. The molecule has 1 aromatic carbocycles. The van der Waals surface area contributed by atoms with Crippen LogP contribution in [0.5, 0.6) is 0 Å². The van der Waals surface area contributed by atoms with E-state index < -0.39 is 12.0 Å². The number of piperidine rings is 1. The maximum Gasteiger partial charge on any atom is 0.253 e. The van der Waals surface area contributed by atoms with Gasteiger partial charge in [0.1, 0.15) is 6.10 Å². The molecular formula is C19H26F2N2O2. The average molecular weight is 352 g/mol. The minimum atomic E-state index is -2.63. The third-order valence-corrected chi connectivity index (χ3v) is 5.02. The van der Waals surface area contributed by atoms with Crippen LogP contribution in [0.4, 0.5) is 8.78 Å². The molecule has 0 N–H and O–H groups in total. The molecule has 0 saturated carbocycles. The van der Waals surface area contributed by atoms with Crippen LogP contribution in [0.15, 0.2) is 30.3 Å². The van der Waals surface area contributed by atoms with Gasteiger partial charge >= 0.3 is 0 Å². The molecule has 1 unspecified atom stereocenters. The van der Waals surface area contributed by atoms with Crippen molar-refractivity contribution in [3.8, 4) is 0 Å². The standard InChI is InChI=1S/C19H26F2N2O2/c20-19(21)8-11-23(12-9-19)18(24)17-15-22(13-14-25-17)10-4-7-16-5-2-1-3-6-16/h1-3,5-6,17H,4,7-15H2. The number of likely N-dealkylation sites (tertiary alicyclic amines) is 1. The molecule has 0 radical (unpaired) electrons. The van der Waals surface area contributed by atoms with E-state index in [2.05, 4.69) is 17.0 Å². The van der Waals surface area contributed by atoms with Crippen LogP contribution in [0.25, 0.3) is 0 Å². The summed E-state index contributed by atoms with van der Waals surface area (Å²) >= 11 is 0. The number of hydrogen-bond donors (Lipinski definition) is 0. The van der Waals surface area contributed by atoms with Crippen LogP contribution >= 0.6 is 0 Å². The van der Waals surface area contributed by atoms with Gasteiger partial charge in [-0.3, -0.25) is 9.69 Å². The number of alkyl halides is 2. The van der Waals surface area contributed by atoms with Crippen molar-refractivity contribution in [2.24, 2.45) is 0 Å². The number of hydrogen-bond acceptors (Lipinski definition) is 3. The van der Waals surface area contributed by atoms with Crippen molar-refractivity contribution in [2.75, 3.05) is 39.3 Å². The zero-order valence-corrected chi connectivity index (χ0v) is 14.5. The molecule has 0 aliphatic carbocycles. The molecule has 2 saturated heterocycles. The Kier molecular flexibility index (Phi) is 6.02. The number of carbonyl (C=O) groups is 1. The summed E-state index contributed by atoms with van der Waals surface area (Å²) in [7, 11) is 0. The Bertz CT molecular complexity index is 558. The average Bonchev–Trinajstić information content (AvgIpc) is 2.62. The summed E-state index contributed by atoms with van der Waals surface area (Å²) in [5, 5.41) is 0. The van der Waals surface area contributed by atoms with E-state index in [-0.39, 0.29) is 31.8 Å². The first-order valence-corrected chi connectivity index (χ1v) is 9.08. The van der Waals surface area contributed by atoms with Crippen molar-refractivity contribution in [3.63, 3.8) is 0 Å². The first kappa shape index (κ1) is 18.3. The molecule has 2 heterocycles. The molecule has 0 bridgehead atoms. The molecule has 2 aliphatic rings. The molecule has 4 nitrogen and oxygen atoms in total. The minimum absolute atomic E-state index is 0.125. The van der Waals surface area contributed by atoms with Gasteiger partial charge in [0.05, 0.1) is 6.61 Å². The fraction of sp³-hybridized carbons (Fsp3) is 0.632. The monoisotopic (exact) mass is 352 g/mol. The zero-order chi connectivity index (χ0) is 17.7. The second kappa shape index (κ2) is 8.23. The first-order valence-electron chi connectivity index (χ1n) is 9.08. The number of nitrogens with zero attached hydrogens (tertiary/aromatic N) is 2. The summed E-state index contributed by atoms with van der Waals surface area (Å²) in [6, 6.07) is 10.3. The van der Waals surface area contributed by atoms with Gasteiger partial charge in [-0.15, -0.1) is 0 Å². The summed E-state index contributed by atoms with van der Waals surface area (Å²) in [6.45, 7) is 3.06. The highest BCUT2D eigenvalue weighted by molar-refractivity contribution is 5.81. The SMILES string of the molecule is O=C(C1CN(CCCc2ccccc2)CCO1)N1CCC(F)(F)CC1. The van der Waals surface area contributed by atoms with Gasteiger partial charge in [0, 0.05) is 39.0 Å². The Morgan fingerprint density at radius 1 is 1.16 bits per heavy atom. The van der Waals surface area contributed by atoms with Crippen LogP contribution in [0.3, 0.4) is 0 Å². The van der Waals surface area contributed by atoms with Crippen LogP contribution in [-0.2, 0) is 16.0 Å². The summed E-state index contributed by atoms with van der Waals surface area (Å²) < 4.78 is 32.1. The largest absolute Gasteiger partial charge is 0.366 e. The fourth-order valence-electron chi connectivity index (χ4n) is 3.46. The molecular weight excluding hydrogens is 326 g/mol. The molecule has 0 aromatic heterocycles. The number of aryl methyl sites for hydroxylation is 1. The summed E-state index contributed by atoms with van der Waals surface area (Å²) in [5.74, 6) is -2.77. The number of rotatable bonds is 5. The van der Waals surface area contributed by atoms with Gasteiger partial charge < -0.3 is 9.64 Å². The van der Waals surface area contributed by atoms with Crippen molar-refractivity contribution >= 4 is 5.91 Å². The van der Waals surface area contributed by atoms with Gasteiger partial charge in [0.2, 0.25) is 0 Å². The summed E-state index contributed by atoms with van der Waals surface area (Å²) in [6.07, 6.45) is 1.04. The lowest BCUT2D eigenvalue weighted by molar-refractivity contribution is -0.154. The van der Waals surface area contributed by atoms with E-state index in [1.54, 1.807) is 0 Å². The molecule has 0 spiro atoms. The van der Waals surface area contributed by atoms with E-state index in [0.717, 1.165) is 25.9 Å². The lowest BCUT2D eigenvalue weighted by Gasteiger charge is -2.37. The van der Waals surface area contributed by atoms with E-state index >= 15 is 0 Å². The lowest BCUT2D eigenvalue weighted by atomic mass is 10.1. The Labute approximate surface area is 147 Å². The van der Waals surface area contributed by atoms with Crippen molar-refractivity contribution in [3.05, 3.63) is 35.9 Å². The second-order valence-electron chi connectivity index (χ2n) is 6.93. The van der Waals surface area contributed by atoms with Gasteiger partial charge in [-0.2, -0.15) is 0 Å². The van der Waals surface area contributed by atoms with E-state index in [9.17, 15) is 13.6 Å². The third kappa shape index (κ3) is 5.22. The molecule has 3 rings (SSSR count). The predicted molar refractivity (Wildman–Crippen MR) is 91.7 cm³/mol. The Balaban J connectivity index is 1.43. The first-order chi connectivity index (χ1) is 12.0.